The lowest BCUT2D eigenvalue weighted by atomic mass is 9.98. The van der Waals surface area contributed by atoms with Crippen molar-refractivity contribution < 1.29 is 4.39 Å². The molecule has 1 fully saturated rings. The highest BCUT2D eigenvalue weighted by atomic mass is 19.1. The van der Waals surface area contributed by atoms with Crippen LogP contribution in [0.3, 0.4) is 0 Å². The van der Waals surface area contributed by atoms with Crippen molar-refractivity contribution in [2.24, 2.45) is 5.92 Å². The Balaban J connectivity index is 1.85. The summed E-state index contributed by atoms with van der Waals surface area (Å²) < 4.78 is 13.2. The normalized spacial score (nSPS) is 20.2. The Kier molecular flexibility index (Phi) is 4.89. The molecule has 2 rings (SSSR count). The largest absolute Gasteiger partial charge is 0.312 e. The van der Waals surface area contributed by atoms with Crippen LogP contribution in [0.25, 0.3) is 0 Å². The van der Waals surface area contributed by atoms with E-state index in [1.807, 2.05) is 0 Å². The van der Waals surface area contributed by atoms with Gasteiger partial charge in [-0.05, 0) is 62.7 Å². The van der Waals surface area contributed by atoms with Crippen LogP contribution < -0.4 is 5.32 Å². The maximum Gasteiger partial charge on any atom is 0.123 e. The minimum atomic E-state index is -0.284. The number of halogens is 1. The Morgan fingerprint density at radius 3 is 3.11 bits per heavy atom. The van der Waals surface area contributed by atoms with E-state index in [-0.39, 0.29) is 5.82 Å². The van der Waals surface area contributed by atoms with Crippen LogP contribution in [0.2, 0.25) is 0 Å². The highest BCUT2D eigenvalue weighted by molar-refractivity contribution is 5.37. The summed E-state index contributed by atoms with van der Waals surface area (Å²) in [5, 5.41) is 12.3. The molecule has 1 aliphatic heterocycles. The molecule has 1 atom stereocenters. The summed E-state index contributed by atoms with van der Waals surface area (Å²) in [6.07, 6.45) is 2.48. The summed E-state index contributed by atoms with van der Waals surface area (Å²) in [4.78, 5) is 2.35. The SMILES string of the molecule is CN1CCCC(CNCc2cc(F)ccc2C#N)C1. The van der Waals surface area contributed by atoms with E-state index >= 15 is 0 Å². The van der Waals surface area contributed by atoms with Crippen LogP contribution in [0.1, 0.15) is 24.0 Å². The molecule has 0 saturated carbocycles. The van der Waals surface area contributed by atoms with Gasteiger partial charge >= 0.3 is 0 Å². The van der Waals surface area contributed by atoms with Crippen LogP contribution in [0, 0.1) is 23.1 Å². The molecular formula is C15H20FN3. The van der Waals surface area contributed by atoms with Crippen LogP contribution in [0.5, 0.6) is 0 Å². The molecule has 0 spiro atoms. The number of hydrogen-bond acceptors (Lipinski definition) is 3. The van der Waals surface area contributed by atoms with Crippen molar-refractivity contribution in [3.8, 4) is 6.07 Å². The van der Waals surface area contributed by atoms with E-state index in [9.17, 15) is 4.39 Å². The Labute approximate surface area is 114 Å². The predicted molar refractivity (Wildman–Crippen MR) is 73.0 cm³/mol. The topological polar surface area (TPSA) is 39.1 Å². The monoisotopic (exact) mass is 261 g/mol. The van der Waals surface area contributed by atoms with Crippen LogP contribution >= 0.6 is 0 Å². The average Bonchev–Trinajstić information content (AvgIpc) is 2.39. The number of likely N-dealkylation sites (tertiary alicyclic amines) is 1. The molecule has 0 bridgehead atoms. The Morgan fingerprint density at radius 2 is 2.37 bits per heavy atom. The third kappa shape index (κ3) is 4.02. The van der Waals surface area contributed by atoms with Gasteiger partial charge in [0.05, 0.1) is 11.6 Å². The highest BCUT2D eigenvalue weighted by Crippen LogP contribution is 2.15. The summed E-state index contributed by atoms with van der Waals surface area (Å²) in [5.41, 5.74) is 1.29. The molecule has 1 aliphatic rings. The van der Waals surface area contributed by atoms with E-state index < -0.39 is 0 Å². The van der Waals surface area contributed by atoms with Gasteiger partial charge in [-0.25, -0.2) is 4.39 Å². The first kappa shape index (κ1) is 14.0. The first-order valence-electron chi connectivity index (χ1n) is 6.77. The lowest BCUT2D eigenvalue weighted by molar-refractivity contribution is 0.206. The zero-order valence-electron chi connectivity index (χ0n) is 11.3. The summed E-state index contributed by atoms with van der Waals surface area (Å²) >= 11 is 0. The van der Waals surface area contributed by atoms with E-state index in [4.69, 9.17) is 5.26 Å². The average molecular weight is 261 g/mol. The summed E-state index contributed by atoms with van der Waals surface area (Å²) in [5.74, 6) is 0.367. The lowest BCUT2D eigenvalue weighted by Gasteiger charge is -2.29. The predicted octanol–water partition coefficient (Wildman–Crippen LogP) is 2.13. The van der Waals surface area contributed by atoms with E-state index in [0.29, 0.717) is 18.0 Å². The van der Waals surface area contributed by atoms with E-state index in [0.717, 1.165) is 18.7 Å². The van der Waals surface area contributed by atoms with Crippen molar-refractivity contribution in [3.05, 3.63) is 35.1 Å². The van der Waals surface area contributed by atoms with Crippen molar-refractivity contribution in [2.75, 3.05) is 26.7 Å². The van der Waals surface area contributed by atoms with Gasteiger partial charge in [-0.3, -0.25) is 0 Å². The molecule has 4 heteroatoms. The summed E-state index contributed by atoms with van der Waals surface area (Å²) in [6.45, 7) is 3.77. The number of rotatable bonds is 4. The second-order valence-electron chi connectivity index (χ2n) is 5.31. The van der Waals surface area contributed by atoms with E-state index in [2.05, 4.69) is 23.3 Å². The van der Waals surface area contributed by atoms with Gasteiger partial charge in [-0.15, -0.1) is 0 Å². The summed E-state index contributed by atoms with van der Waals surface area (Å²) in [7, 11) is 2.15. The molecule has 1 N–H and O–H groups in total. The number of nitriles is 1. The number of hydrogen-bond donors (Lipinski definition) is 1. The summed E-state index contributed by atoms with van der Waals surface area (Å²) in [6, 6.07) is 6.42. The Hall–Kier alpha value is -1.44. The third-order valence-corrected chi connectivity index (χ3v) is 3.66. The number of nitrogens with one attached hydrogen (secondary N) is 1. The molecular weight excluding hydrogens is 241 g/mol. The van der Waals surface area contributed by atoms with Crippen molar-refractivity contribution in [3.63, 3.8) is 0 Å². The van der Waals surface area contributed by atoms with Gasteiger partial charge in [0.1, 0.15) is 5.82 Å². The van der Waals surface area contributed by atoms with Crippen LogP contribution in [0.15, 0.2) is 18.2 Å². The lowest BCUT2D eigenvalue weighted by Crippen LogP contribution is -2.37. The zero-order chi connectivity index (χ0) is 13.7. The molecule has 1 heterocycles. The molecule has 0 radical (unpaired) electrons. The van der Waals surface area contributed by atoms with Gasteiger partial charge < -0.3 is 10.2 Å². The molecule has 1 aromatic carbocycles. The van der Waals surface area contributed by atoms with Crippen molar-refractivity contribution in [1.82, 2.24) is 10.2 Å². The van der Waals surface area contributed by atoms with Gasteiger partial charge in [0, 0.05) is 13.1 Å². The van der Waals surface area contributed by atoms with E-state index in [1.165, 1.54) is 31.5 Å². The highest BCUT2D eigenvalue weighted by Gasteiger charge is 2.16. The molecule has 0 amide bonds. The van der Waals surface area contributed by atoms with Gasteiger partial charge in [-0.2, -0.15) is 5.26 Å². The molecule has 1 saturated heterocycles. The van der Waals surface area contributed by atoms with Crippen molar-refractivity contribution >= 4 is 0 Å². The first-order chi connectivity index (χ1) is 9.19. The third-order valence-electron chi connectivity index (χ3n) is 3.66. The molecule has 0 aliphatic carbocycles. The number of benzene rings is 1. The second kappa shape index (κ2) is 6.65. The van der Waals surface area contributed by atoms with Crippen LogP contribution in [0.4, 0.5) is 4.39 Å². The van der Waals surface area contributed by atoms with Crippen LogP contribution in [-0.4, -0.2) is 31.6 Å². The van der Waals surface area contributed by atoms with Gasteiger partial charge in [0.25, 0.3) is 0 Å². The van der Waals surface area contributed by atoms with Gasteiger partial charge in [0.2, 0.25) is 0 Å². The molecule has 1 aromatic rings. The van der Waals surface area contributed by atoms with Gasteiger partial charge in [-0.1, -0.05) is 0 Å². The maximum absolute atomic E-state index is 13.2. The molecule has 3 nitrogen and oxygen atoms in total. The Bertz CT molecular complexity index is 467. The maximum atomic E-state index is 13.2. The smallest absolute Gasteiger partial charge is 0.123 e. The first-order valence-corrected chi connectivity index (χ1v) is 6.77. The van der Waals surface area contributed by atoms with Crippen molar-refractivity contribution in [1.29, 1.82) is 5.26 Å². The standard InChI is InChI=1S/C15H20FN3/c1-19-6-2-3-12(11-19)9-18-10-14-7-15(16)5-4-13(14)8-17/h4-5,7,12,18H,2-3,6,9-11H2,1H3. The number of piperidine rings is 1. The molecule has 0 aromatic heterocycles. The molecule has 102 valence electrons. The fourth-order valence-electron chi connectivity index (χ4n) is 2.67. The minimum Gasteiger partial charge on any atom is -0.312 e. The van der Waals surface area contributed by atoms with Gasteiger partial charge in [0.15, 0.2) is 0 Å². The molecule has 19 heavy (non-hydrogen) atoms. The zero-order valence-corrected chi connectivity index (χ0v) is 11.3. The van der Waals surface area contributed by atoms with Crippen molar-refractivity contribution in [2.45, 2.75) is 19.4 Å². The van der Waals surface area contributed by atoms with Crippen LogP contribution in [-0.2, 0) is 6.54 Å². The molecule has 1 unspecified atom stereocenters. The fourth-order valence-corrected chi connectivity index (χ4v) is 2.67. The Morgan fingerprint density at radius 1 is 1.53 bits per heavy atom. The minimum absolute atomic E-state index is 0.284. The number of nitrogens with zero attached hydrogens (tertiary/aromatic N) is 2. The fraction of sp³-hybridized carbons (Fsp3) is 0.533. The van der Waals surface area contributed by atoms with E-state index in [1.54, 1.807) is 6.07 Å². The quantitative estimate of drug-likeness (QED) is 0.902. The second-order valence-corrected chi connectivity index (χ2v) is 5.31.